The number of anilines is 2. The van der Waals surface area contributed by atoms with Crippen LogP contribution in [0.25, 0.3) is 11.1 Å². The molecule has 3 heterocycles. The summed E-state index contributed by atoms with van der Waals surface area (Å²) in [6.07, 6.45) is 3.20. The van der Waals surface area contributed by atoms with Crippen LogP contribution >= 0.6 is 0 Å². The summed E-state index contributed by atoms with van der Waals surface area (Å²) >= 11 is 0. The van der Waals surface area contributed by atoms with Gasteiger partial charge in [-0.1, -0.05) is 17.3 Å². The molecule has 27 heavy (non-hydrogen) atoms. The lowest BCUT2D eigenvalue weighted by atomic mass is 9.96. The Kier molecular flexibility index (Phi) is 4.62. The van der Waals surface area contributed by atoms with Crippen LogP contribution in [0, 0.1) is 12.8 Å². The molecule has 1 fully saturated rings. The zero-order chi connectivity index (χ0) is 18.8. The van der Waals surface area contributed by atoms with Gasteiger partial charge in [0.25, 0.3) is 5.71 Å². The van der Waals surface area contributed by atoms with Crippen LogP contribution in [-0.2, 0) is 4.79 Å². The van der Waals surface area contributed by atoms with Crippen molar-refractivity contribution in [3.8, 4) is 5.75 Å². The molecule has 140 valence electrons. The van der Waals surface area contributed by atoms with Crippen LogP contribution in [0.1, 0.15) is 18.5 Å². The molecule has 0 bridgehead atoms. The maximum Gasteiger partial charge on any atom is 0.263 e. The van der Waals surface area contributed by atoms with Gasteiger partial charge in [-0.3, -0.25) is 4.79 Å². The largest absolute Gasteiger partial charge is 0.495 e. The van der Waals surface area contributed by atoms with Crippen LogP contribution in [0.3, 0.4) is 0 Å². The molecule has 8 heteroatoms. The molecule has 8 nitrogen and oxygen atoms in total. The number of ether oxygens (including phenoxy) is 1. The second-order valence-corrected chi connectivity index (χ2v) is 6.62. The van der Waals surface area contributed by atoms with Gasteiger partial charge in [-0.15, -0.1) is 0 Å². The minimum atomic E-state index is -0.145. The number of aromatic nitrogens is 3. The van der Waals surface area contributed by atoms with Gasteiger partial charge in [-0.2, -0.15) is 4.98 Å². The Balaban J connectivity index is 1.54. The third-order valence-corrected chi connectivity index (χ3v) is 4.88. The standard InChI is InChI=1S/C19H21N5O3/c1-12-16-17(20-11-21-19(16)27-23-12)24-9-5-6-13(10-24)18(25)22-14-7-3-4-8-15(14)26-2/h3-4,7-8,11,13H,5-6,9-10H2,1-2H3,(H,22,25). The van der Waals surface area contributed by atoms with Crippen molar-refractivity contribution in [2.45, 2.75) is 19.8 Å². The summed E-state index contributed by atoms with van der Waals surface area (Å²) in [5.41, 5.74) is 1.90. The highest BCUT2D eigenvalue weighted by Crippen LogP contribution is 2.30. The van der Waals surface area contributed by atoms with Gasteiger partial charge in [0.05, 0.1) is 24.4 Å². The Morgan fingerprint density at radius 1 is 1.33 bits per heavy atom. The number of hydrogen-bond acceptors (Lipinski definition) is 7. The third kappa shape index (κ3) is 3.30. The molecule has 0 saturated carbocycles. The summed E-state index contributed by atoms with van der Waals surface area (Å²) < 4.78 is 10.6. The smallest absolute Gasteiger partial charge is 0.263 e. The number of carbonyl (C=O) groups excluding carboxylic acids is 1. The van der Waals surface area contributed by atoms with Gasteiger partial charge in [-0.25, -0.2) is 4.98 Å². The summed E-state index contributed by atoms with van der Waals surface area (Å²) in [6, 6.07) is 7.41. The van der Waals surface area contributed by atoms with E-state index >= 15 is 0 Å². The van der Waals surface area contributed by atoms with Gasteiger partial charge in [-0.05, 0) is 31.9 Å². The minimum absolute atomic E-state index is 0.0171. The number of amides is 1. The number of rotatable bonds is 4. The normalized spacial score (nSPS) is 17.1. The molecule has 1 aliphatic heterocycles. The maximum absolute atomic E-state index is 12.8. The van der Waals surface area contributed by atoms with Crippen LogP contribution in [0.2, 0.25) is 0 Å². The van der Waals surface area contributed by atoms with Crippen molar-refractivity contribution in [1.29, 1.82) is 0 Å². The van der Waals surface area contributed by atoms with Crippen molar-refractivity contribution in [2.24, 2.45) is 5.92 Å². The van der Waals surface area contributed by atoms with E-state index in [1.54, 1.807) is 7.11 Å². The van der Waals surface area contributed by atoms with Crippen LogP contribution in [0.5, 0.6) is 5.75 Å². The summed E-state index contributed by atoms with van der Waals surface area (Å²) in [5, 5.41) is 7.78. The predicted molar refractivity (Wildman–Crippen MR) is 101 cm³/mol. The molecule has 1 aromatic carbocycles. The van der Waals surface area contributed by atoms with E-state index < -0.39 is 0 Å². The van der Waals surface area contributed by atoms with E-state index in [-0.39, 0.29) is 11.8 Å². The van der Waals surface area contributed by atoms with E-state index in [0.717, 1.165) is 36.3 Å². The summed E-state index contributed by atoms with van der Waals surface area (Å²) in [5.74, 6) is 1.26. The maximum atomic E-state index is 12.8. The fourth-order valence-corrected chi connectivity index (χ4v) is 3.51. The van der Waals surface area contributed by atoms with E-state index in [1.165, 1.54) is 6.33 Å². The molecule has 1 aliphatic rings. The molecule has 3 aromatic rings. The number of hydrogen-bond donors (Lipinski definition) is 1. The molecule has 1 saturated heterocycles. The topological polar surface area (TPSA) is 93.4 Å². The Morgan fingerprint density at radius 2 is 2.19 bits per heavy atom. The Hall–Kier alpha value is -3.16. The Morgan fingerprint density at radius 3 is 3.04 bits per heavy atom. The summed E-state index contributed by atoms with van der Waals surface area (Å²) in [4.78, 5) is 23.5. The molecule has 0 spiro atoms. The highest BCUT2D eigenvalue weighted by Gasteiger charge is 2.29. The average Bonchev–Trinajstić information content (AvgIpc) is 3.09. The zero-order valence-corrected chi connectivity index (χ0v) is 15.3. The first kappa shape index (κ1) is 17.3. The SMILES string of the molecule is COc1ccccc1NC(=O)C1CCCN(c2ncnc3onc(C)c23)C1. The highest BCUT2D eigenvalue weighted by molar-refractivity contribution is 5.95. The number of para-hydroxylation sites is 2. The van der Waals surface area contributed by atoms with E-state index in [4.69, 9.17) is 9.26 Å². The third-order valence-electron chi connectivity index (χ3n) is 4.88. The van der Waals surface area contributed by atoms with Crippen LogP contribution in [0.4, 0.5) is 11.5 Å². The summed E-state index contributed by atoms with van der Waals surface area (Å²) in [6.45, 7) is 3.28. The van der Waals surface area contributed by atoms with Crippen LogP contribution < -0.4 is 15.0 Å². The van der Waals surface area contributed by atoms with Crippen molar-refractivity contribution in [3.63, 3.8) is 0 Å². The average molecular weight is 367 g/mol. The van der Waals surface area contributed by atoms with E-state index in [9.17, 15) is 4.79 Å². The molecule has 1 N–H and O–H groups in total. The first-order valence-electron chi connectivity index (χ1n) is 8.93. The lowest BCUT2D eigenvalue weighted by molar-refractivity contribution is -0.120. The molecular formula is C19H21N5O3. The number of piperidine rings is 1. The molecule has 2 aromatic heterocycles. The lowest BCUT2D eigenvalue weighted by Gasteiger charge is -2.33. The van der Waals surface area contributed by atoms with Gasteiger partial charge < -0.3 is 19.5 Å². The Labute approximate surface area is 156 Å². The Bertz CT molecular complexity index is 971. The fourth-order valence-electron chi connectivity index (χ4n) is 3.51. The molecule has 1 unspecified atom stereocenters. The number of benzene rings is 1. The zero-order valence-electron chi connectivity index (χ0n) is 15.3. The number of nitrogens with zero attached hydrogens (tertiary/aromatic N) is 4. The van der Waals surface area contributed by atoms with Crippen molar-refractivity contribution >= 4 is 28.5 Å². The van der Waals surface area contributed by atoms with E-state index in [2.05, 4.69) is 25.3 Å². The highest BCUT2D eigenvalue weighted by atomic mass is 16.5. The van der Waals surface area contributed by atoms with Crippen molar-refractivity contribution in [2.75, 3.05) is 30.4 Å². The van der Waals surface area contributed by atoms with E-state index in [1.807, 2.05) is 31.2 Å². The molecule has 1 amide bonds. The number of carbonyl (C=O) groups is 1. The van der Waals surface area contributed by atoms with Gasteiger partial charge in [0.2, 0.25) is 5.91 Å². The summed E-state index contributed by atoms with van der Waals surface area (Å²) in [7, 11) is 1.59. The van der Waals surface area contributed by atoms with Crippen LogP contribution in [0.15, 0.2) is 35.1 Å². The van der Waals surface area contributed by atoms with Gasteiger partial charge >= 0.3 is 0 Å². The van der Waals surface area contributed by atoms with Crippen molar-refractivity contribution in [3.05, 3.63) is 36.3 Å². The van der Waals surface area contributed by atoms with Crippen molar-refractivity contribution < 1.29 is 14.1 Å². The second kappa shape index (κ2) is 7.22. The molecule has 0 aliphatic carbocycles. The lowest BCUT2D eigenvalue weighted by Crippen LogP contribution is -2.41. The quantitative estimate of drug-likeness (QED) is 0.758. The fraction of sp³-hybridized carbons (Fsp3) is 0.368. The number of aryl methyl sites for hydroxylation is 1. The second-order valence-electron chi connectivity index (χ2n) is 6.62. The first-order chi connectivity index (χ1) is 13.2. The number of methoxy groups -OCH3 is 1. The molecule has 1 atom stereocenters. The first-order valence-corrected chi connectivity index (χ1v) is 8.93. The number of nitrogens with one attached hydrogen (secondary N) is 1. The van der Waals surface area contributed by atoms with Crippen LogP contribution in [-0.4, -0.2) is 41.2 Å². The molecule has 0 radical (unpaired) electrons. The number of fused-ring (bicyclic) bond motifs is 1. The predicted octanol–water partition coefficient (Wildman–Crippen LogP) is 2.79. The monoisotopic (exact) mass is 367 g/mol. The molecule has 4 rings (SSSR count). The van der Waals surface area contributed by atoms with Gasteiger partial charge in [0, 0.05) is 13.1 Å². The van der Waals surface area contributed by atoms with Crippen molar-refractivity contribution in [1.82, 2.24) is 15.1 Å². The van der Waals surface area contributed by atoms with Gasteiger partial charge in [0.15, 0.2) is 0 Å². The minimum Gasteiger partial charge on any atom is -0.495 e. The molecular weight excluding hydrogens is 346 g/mol. The van der Waals surface area contributed by atoms with Gasteiger partial charge in [0.1, 0.15) is 23.3 Å². The van der Waals surface area contributed by atoms with E-state index in [0.29, 0.717) is 23.7 Å².